The molecule has 0 fully saturated rings. The Balaban J connectivity index is 1.73. The molecule has 27 heavy (non-hydrogen) atoms. The number of benzene rings is 1. The summed E-state index contributed by atoms with van der Waals surface area (Å²) in [5.41, 5.74) is 2.32. The first-order chi connectivity index (χ1) is 13.1. The molecule has 0 saturated carbocycles. The van der Waals surface area contributed by atoms with Gasteiger partial charge in [-0.05, 0) is 43.2 Å². The maximum absolute atomic E-state index is 12.0. The Morgan fingerprint density at radius 2 is 2.04 bits per heavy atom. The summed E-state index contributed by atoms with van der Waals surface area (Å²) in [7, 11) is 1.67. The molecule has 142 valence electrons. The predicted molar refractivity (Wildman–Crippen MR) is 110 cm³/mol. The quantitative estimate of drug-likeness (QED) is 0.595. The number of pyridine rings is 1. The molecule has 1 atom stereocenters. The largest absolute Gasteiger partial charge is 0.497 e. The molecule has 1 aromatic carbocycles. The fourth-order valence-corrected chi connectivity index (χ4v) is 3.64. The Bertz CT molecular complexity index is 905. The van der Waals surface area contributed by atoms with Gasteiger partial charge in [0, 0.05) is 30.4 Å². The van der Waals surface area contributed by atoms with E-state index in [-0.39, 0.29) is 11.9 Å². The number of amides is 1. The van der Waals surface area contributed by atoms with E-state index in [1.54, 1.807) is 7.11 Å². The lowest BCUT2D eigenvalue weighted by Crippen LogP contribution is -2.33. The van der Waals surface area contributed by atoms with E-state index in [1.165, 1.54) is 17.3 Å². The molecule has 6 heteroatoms. The van der Waals surface area contributed by atoms with E-state index in [4.69, 9.17) is 4.74 Å². The van der Waals surface area contributed by atoms with Crippen LogP contribution in [-0.2, 0) is 11.3 Å². The minimum absolute atomic E-state index is 0.0471. The number of hydrogen-bond acceptors (Lipinski definition) is 4. The molecule has 2 aromatic heterocycles. The first-order valence-electron chi connectivity index (χ1n) is 9.09. The Labute approximate surface area is 164 Å². The van der Waals surface area contributed by atoms with Crippen LogP contribution in [0.2, 0.25) is 0 Å². The van der Waals surface area contributed by atoms with Gasteiger partial charge in [-0.15, -0.1) is 0 Å². The summed E-state index contributed by atoms with van der Waals surface area (Å²) >= 11 is 1.48. The van der Waals surface area contributed by atoms with Crippen LogP contribution in [0.4, 0.5) is 0 Å². The fourth-order valence-electron chi connectivity index (χ4n) is 2.83. The van der Waals surface area contributed by atoms with Crippen LogP contribution in [0.1, 0.15) is 25.8 Å². The lowest BCUT2D eigenvalue weighted by molar-refractivity contribution is -0.119. The van der Waals surface area contributed by atoms with Crippen molar-refractivity contribution < 1.29 is 9.53 Å². The van der Waals surface area contributed by atoms with Crippen LogP contribution in [0.15, 0.2) is 53.8 Å². The number of carbonyl (C=O) groups is 1. The van der Waals surface area contributed by atoms with Gasteiger partial charge in [-0.3, -0.25) is 4.79 Å². The summed E-state index contributed by atoms with van der Waals surface area (Å²) < 4.78 is 7.41. The van der Waals surface area contributed by atoms with Gasteiger partial charge >= 0.3 is 0 Å². The molecule has 1 N–H and O–H groups in total. The highest BCUT2D eigenvalue weighted by molar-refractivity contribution is 8.00. The molecule has 3 rings (SSSR count). The second-order valence-electron chi connectivity index (χ2n) is 6.51. The molecular weight excluding hydrogens is 358 g/mol. The van der Waals surface area contributed by atoms with Crippen molar-refractivity contribution in [3.05, 3.63) is 54.4 Å². The lowest BCUT2D eigenvalue weighted by atomic mass is 10.2. The third kappa shape index (κ3) is 4.83. The number of methoxy groups -OCH3 is 1. The van der Waals surface area contributed by atoms with Gasteiger partial charge in [-0.2, -0.15) is 0 Å². The van der Waals surface area contributed by atoms with E-state index >= 15 is 0 Å². The fraction of sp³-hybridized carbons (Fsp3) is 0.333. The molecule has 2 heterocycles. The zero-order valence-corrected chi connectivity index (χ0v) is 16.8. The molecule has 0 aliphatic heterocycles. The van der Waals surface area contributed by atoms with Gasteiger partial charge in [0.25, 0.3) is 0 Å². The molecule has 0 aliphatic rings. The van der Waals surface area contributed by atoms with Crippen molar-refractivity contribution in [1.29, 1.82) is 0 Å². The van der Waals surface area contributed by atoms with Gasteiger partial charge in [-0.25, -0.2) is 4.98 Å². The van der Waals surface area contributed by atoms with Crippen molar-refractivity contribution >= 4 is 28.6 Å². The predicted octanol–water partition coefficient (Wildman–Crippen LogP) is 4.10. The van der Waals surface area contributed by atoms with Gasteiger partial charge in [0.05, 0.1) is 18.4 Å². The Kier molecular flexibility index (Phi) is 6.40. The van der Waals surface area contributed by atoms with E-state index in [0.29, 0.717) is 5.75 Å². The number of carbonyl (C=O) groups excluding carboxylic acids is 1. The zero-order chi connectivity index (χ0) is 19.2. The normalized spacial score (nSPS) is 12.1. The number of aromatic nitrogens is 2. The highest BCUT2D eigenvalue weighted by Gasteiger charge is 2.11. The van der Waals surface area contributed by atoms with Crippen molar-refractivity contribution in [3.63, 3.8) is 0 Å². The summed E-state index contributed by atoms with van der Waals surface area (Å²) in [6.45, 7) is 4.85. The zero-order valence-electron chi connectivity index (χ0n) is 15.9. The van der Waals surface area contributed by atoms with Crippen molar-refractivity contribution in [1.82, 2.24) is 14.9 Å². The third-order valence-corrected chi connectivity index (χ3v) is 5.54. The van der Waals surface area contributed by atoms with E-state index in [1.807, 2.05) is 31.3 Å². The van der Waals surface area contributed by atoms with E-state index in [2.05, 4.69) is 46.2 Å². The van der Waals surface area contributed by atoms with Crippen LogP contribution in [-0.4, -0.2) is 34.4 Å². The average molecular weight is 384 g/mol. The maximum atomic E-state index is 12.0. The minimum atomic E-state index is 0.0471. The molecular formula is C21H25N3O2S. The molecule has 0 spiro atoms. The number of nitrogens with one attached hydrogen (secondary N) is 1. The van der Waals surface area contributed by atoms with Crippen molar-refractivity contribution in [2.24, 2.45) is 0 Å². The topological polar surface area (TPSA) is 56.2 Å². The summed E-state index contributed by atoms with van der Waals surface area (Å²) in [6, 6.07) is 12.4. The van der Waals surface area contributed by atoms with Crippen LogP contribution in [0, 0.1) is 0 Å². The summed E-state index contributed by atoms with van der Waals surface area (Å²) in [6.07, 6.45) is 4.81. The number of rotatable bonds is 8. The molecule has 0 radical (unpaired) electrons. The van der Waals surface area contributed by atoms with Crippen molar-refractivity contribution in [2.75, 3.05) is 12.9 Å². The van der Waals surface area contributed by atoms with Crippen LogP contribution < -0.4 is 10.1 Å². The first-order valence-corrected chi connectivity index (χ1v) is 10.1. The van der Waals surface area contributed by atoms with Crippen LogP contribution >= 0.6 is 11.8 Å². The van der Waals surface area contributed by atoms with Gasteiger partial charge in [-0.1, -0.05) is 30.8 Å². The highest BCUT2D eigenvalue weighted by atomic mass is 32.2. The van der Waals surface area contributed by atoms with Crippen LogP contribution in [0.25, 0.3) is 10.9 Å². The Morgan fingerprint density at radius 1 is 1.26 bits per heavy atom. The van der Waals surface area contributed by atoms with E-state index in [0.717, 1.165) is 34.6 Å². The third-order valence-electron chi connectivity index (χ3n) is 4.53. The van der Waals surface area contributed by atoms with E-state index < -0.39 is 0 Å². The van der Waals surface area contributed by atoms with E-state index in [9.17, 15) is 4.79 Å². The Morgan fingerprint density at radius 3 is 2.74 bits per heavy atom. The van der Waals surface area contributed by atoms with Crippen molar-refractivity contribution in [2.45, 2.75) is 37.9 Å². The maximum Gasteiger partial charge on any atom is 0.230 e. The molecule has 5 nitrogen and oxygen atoms in total. The number of nitrogens with zero attached hydrogens (tertiary/aromatic N) is 2. The van der Waals surface area contributed by atoms with Crippen LogP contribution in [0.5, 0.6) is 5.75 Å². The van der Waals surface area contributed by atoms with Crippen LogP contribution in [0.3, 0.4) is 0 Å². The Hall–Kier alpha value is -2.47. The number of hydrogen-bond donors (Lipinski definition) is 1. The highest BCUT2D eigenvalue weighted by Crippen LogP contribution is 2.27. The second kappa shape index (κ2) is 8.95. The molecule has 0 bridgehead atoms. The molecule has 0 aliphatic carbocycles. The summed E-state index contributed by atoms with van der Waals surface area (Å²) in [5.74, 6) is 1.28. The summed E-state index contributed by atoms with van der Waals surface area (Å²) in [4.78, 5) is 16.5. The number of ether oxygens (including phenoxy) is 1. The van der Waals surface area contributed by atoms with Gasteiger partial charge in [0.15, 0.2) is 0 Å². The van der Waals surface area contributed by atoms with Gasteiger partial charge in [0.1, 0.15) is 10.8 Å². The lowest BCUT2D eigenvalue weighted by Gasteiger charge is -2.11. The molecule has 1 amide bonds. The number of fused-ring (bicyclic) bond motifs is 1. The van der Waals surface area contributed by atoms with Crippen molar-refractivity contribution in [3.8, 4) is 5.75 Å². The second-order valence-corrected chi connectivity index (χ2v) is 7.47. The van der Waals surface area contributed by atoms with Gasteiger partial charge in [0.2, 0.25) is 5.91 Å². The first kappa shape index (κ1) is 19.3. The SMILES string of the molecule is CC[C@@H](C)NC(=O)CSc1nccc2c1ccn2Cc1ccc(OC)cc1. The monoisotopic (exact) mass is 383 g/mol. The molecule has 3 aromatic rings. The van der Waals surface area contributed by atoms with Gasteiger partial charge < -0.3 is 14.6 Å². The average Bonchev–Trinajstić information content (AvgIpc) is 3.10. The minimum Gasteiger partial charge on any atom is -0.497 e. The number of thioether (sulfide) groups is 1. The standard InChI is InChI=1S/C21H25N3O2S/c1-4-15(2)23-20(25)14-27-21-18-10-12-24(19(18)9-11-22-21)13-16-5-7-17(26-3)8-6-16/h5-12,15H,4,13-14H2,1-3H3,(H,23,25)/t15-/m1/s1. The molecule has 0 unspecified atom stereocenters. The summed E-state index contributed by atoms with van der Waals surface area (Å²) in [5, 5.41) is 4.96. The molecule has 0 saturated heterocycles. The smallest absolute Gasteiger partial charge is 0.230 e.